The van der Waals surface area contributed by atoms with E-state index in [0.717, 1.165) is 24.8 Å². The lowest BCUT2D eigenvalue weighted by atomic mass is 9.97. The zero-order valence-electron chi connectivity index (χ0n) is 18.3. The van der Waals surface area contributed by atoms with Gasteiger partial charge in [-0.25, -0.2) is 9.48 Å². The second-order valence-corrected chi connectivity index (χ2v) is 8.67. The minimum atomic E-state index is -0.878. The number of ether oxygens (including phenoxy) is 1. The molecule has 3 atom stereocenters. The van der Waals surface area contributed by atoms with Gasteiger partial charge in [0, 0.05) is 12.1 Å². The number of aryl methyl sites for hydroxylation is 2. The van der Waals surface area contributed by atoms with Gasteiger partial charge in [0.1, 0.15) is 10.7 Å². The molecule has 0 aliphatic carbocycles. The average Bonchev–Trinajstić information content (AvgIpc) is 2.96. The van der Waals surface area contributed by atoms with Gasteiger partial charge in [-0.15, -0.1) is 0 Å². The van der Waals surface area contributed by atoms with E-state index >= 15 is 0 Å². The lowest BCUT2D eigenvalue weighted by molar-refractivity contribution is -0.146. The average molecular weight is 432 g/mol. The molecular formula is C23H30ClN3O3. The molecule has 0 unspecified atom stereocenters. The van der Waals surface area contributed by atoms with Gasteiger partial charge in [-0.1, -0.05) is 41.4 Å². The van der Waals surface area contributed by atoms with Crippen LogP contribution in [-0.2, 0) is 16.1 Å². The van der Waals surface area contributed by atoms with Crippen LogP contribution in [0.25, 0.3) is 0 Å². The van der Waals surface area contributed by atoms with Crippen LogP contribution in [0, 0.1) is 13.8 Å². The Morgan fingerprint density at radius 2 is 1.77 bits per heavy atom. The number of rotatable bonds is 5. The summed E-state index contributed by atoms with van der Waals surface area (Å²) in [4.78, 5) is 27.6. The molecule has 1 aromatic heterocycles. The Morgan fingerprint density at radius 3 is 2.37 bits per heavy atom. The van der Waals surface area contributed by atoms with E-state index in [0.29, 0.717) is 12.2 Å². The van der Waals surface area contributed by atoms with E-state index in [4.69, 9.17) is 16.3 Å². The van der Waals surface area contributed by atoms with Crippen molar-refractivity contribution >= 4 is 23.5 Å². The Morgan fingerprint density at radius 1 is 1.17 bits per heavy atom. The normalized spacial score (nSPS) is 20.1. The summed E-state index contributed by atoms with van der Waals surface area (Å²) < 4.78 is 7.10. The van der Waals surface area contributed by atoms with Gasteiger partial charge in [0.05, 0.1) is 12.2 Å². The van der Waals surface area contributed by atoms with Crippen LogP contribution in [0.5, 0.6) is 0 Å². The van der Waals surface area contributed by atoms with Gasteiger partial charge in [-0.3, -0.25) is 4.79 Å². The van der Waals surface area contributed by atoms with E-state index in [-0.39, 0.29) is 28.7 Å². The van der Waals surface area contributed by atoms with Crippen molar-refractivity contribution in [1.29, 1.82) is 0 Å². The predicted molar refractivity (Wildman–Crippen MR) is 117 cm³/mol. The number of nitrogens with zero attached hydrogens (tertiary/aromatic N) is 3. The fraction of sp³-hybridized carbons (Fsp3) is 0.522. The highest BCUT2D eigenvalue weighted by molar-refractivity contribution is 6.32. The first kappa shape index (κ1) is 22.3. The molecular weight excluding hydrogens is 402 g/mol. The number of carbonyl (C=O) groups is 2. The minimum absolute atomic E-state index is 0.144. The summed E-state index contributed by atoms with van der Waals surface area (Å²) in [6.07, 6.45) is 2.16. The number of piperidine rings is 1. The van der Waals surface area contributed by atoms with Crippen molar-refractivity contribution < 1.29 is 14.3 Å². The maximum Gasteiger partial charge on any atom is 0.343 e. The molecule has 30 heavy (non-hydrogen) atoms. The van der Waals surface area contributed by atoms with Gasteiger partial charge < -0.3 is 9.64 Å². The smallest absolute Gasteiger partial charge is 0.343 e. The third-order valence-corrected chi connectivity index (χ3v) is 6.19. The molecule has 1 fully saturated rings. The van der Waals surface area contributed by atoms with E-state index in [1.807, 2.05) is 49.9 Å². The predicted octanol–water partition coefficient (Wildman–Crippen LogP) is 4.54. The number of esters is 1. The van der Waals surface area contributed by atoms with Crippen LogP contribution in [0.4, 0.5) is 0 Å². The summed E-state index contributed by atoms with van der Waals surface area (Å²) in [7, 11) is 0. The van der Waals surface area contributed by atoms with Crippen molar-refractivity contribution in [2.24, 2.45) is 0 Å². The SMILES string of the molecule is Cc1ccc(Cn2nc(C)c(C(=O)O[C@H](C)C(=O)N3[C@@H](C)CCC[C@@H]3C)c2Cl)cc1. The van der Waals surface area contributed by atoms with Gasteiger partial charge in [-0.05, 0) is 59.4 Å². The fourth-order valence-corrected chi connectivity index (χ4v) is 4.40. The fourth-order valence-electron chi connectivity index (χ4n) is 4.09. The Bertz CT molecular complexity index is 913. The highest BCUT2D eigenvalue weighted by Crippen LogP contribution is 2.26. The van der Waals surface area contributed by atoms with E-state index in [9.17, 15) is 9.59 Å². The number of amides is 1. The lowest BCUT2D eigenvalue weighted by Gasteiger charge is -2.40. The maximum absolute atomic E-state index is 12.9. The largest absolute Gasteiger partial charge is 0.449 e. The zero-order chi connectivity index (χ0) is 22.0. The quantitative estimate of drug-likeness (QED) is 0.652. The molecule has 2 heterocycles. The van der Waals surface area contributed by atoms with Gasteiger partial charge in [-0.2, -0.15) is 5.10 Å². The van der Waals surface area contributed by atoms with Crippen LogP contribution in [0.15, 0.2) is 24.3 Å². The monoisotopic (exact) mass is 431 g/mol. The lowest BCUT2D eigenvalue weighted by Crippen LogP contribution is -2.51. The van der Waals surface area contributed by atoms with Crippen LogP contribution < -0.4 is 0 Å². The highest BCUT2D eigenvalue weighted by atomic mass is 35.5. The van der Waals surface area contributed by atoms with E-state index in [1.54, 1.807) is 18.5 Å². The standard InChI is InChI=1S/C23H30ClN3O3/c1-14-9-11-19(12-10-14)13-26-21(24)20(17(4)25-26)23(29)30-18(5)22(28)27-15(2)7-6-8-16(27)3/h9-12,15-16,18H,6-8,13H2,1-5H3/t15-,16-,18+/m0/s1. The Kier molecular flexibility index (Phi) is 6.86. The first-order valence-corrected chi connectivity index (χ1v) is 10.9. The second-order valence-electron chi connectivity index (χ2n) is 8.32. The number of hydrogen-bond acceptors (Lipinski definition) is 4. The summed E-state index contributed by atoms with van der Waals surface area (Å²) in [5.74, 6) is -0.783. The van der Waals surface area contributed by atoms with Crippen LogP contribution in [0.1, 0.15) is 67.2 Å². The second kappa shape index (κ2) is 9.21. The van der Waals surface area contributed by atoms with E-state index in [2.05, 4.69) is 5.10 Å². The molecule has 162 valence electrons. The molecule has 0 bridgehead atoms. The number of hydrogen-bond donors (Lipinski definition) is 0. The van der Waals surface area contributed by atoms with E-state index < -0.39 is 12.1 Å². The third kappa shape index (κ3) is 4.69. The molecule has 1 aromatic carbocycles. The molecule has 0 N–H and O–H groups in total. The summed E-state index contributed by atoms with van der Waals surface area (Å²) in [5.41, 5.74) is 2.89. The van der Waals surface area contributed by atoms with Crippen molar-refractivity contribution in [3.05, 3.63) is 51.8 Å². The highest BCUT2D eigenvalue weighted by Gasteiger charge is 2.34. The van der Waals surface area contributed by atoms with Crippen LogP contribution in [-0.4, -0.2) is 44.7 Å². The zero-order valence-corrected chi connectivity index (χ0v) is 19.1. The molecule has 1 aliphatic heterocycles. The molecule has 0 saturated carbocycles. The van der Waals surface area contributed by atoms with Crippen LogP contribution >= 0.6 is 11.6 Å². The third-order valence-electron chi connectivity index (χ3n) is 5.80. The van der Waals surface area contributed by atoms with Gasteiger partial charge in [0.2, 0.25) is 0 Å². The Hall–Kier alpha value is -2.34. The molecule has 1 saturated heterocycles. The van der Waals surface area contributed by atoms with E-state index in [1.165, 1.54) is 5.56 Å². The molecule has 3 rings (SSSR count). The number of halogens is 1. The summed E-state index contributed by atoms with van der Waals surface area (Å²) in [5, 5.41) is 4.62. The number of aromatic nitrogens is 2. The summed E-state index contributed by atoms with van der Waals surface area (Å²) in [6, 6.07) is 8.33. The molecule has 1 amide bonds. The summed E-state index contributed by atoms with van der Waals surface area (Å²) >= 11 is 6.47. The van der Waals surface area contributed by atoms with Crippen molar-refractivity contribution in [2.45, 2.75) is 78.6 Å². The van der Waals surface area contributed by atoms with Crippen LogP contribution in [0.3, 0.4) is 0 Å². The molecule has 1 aliphatic rings. The molecule has 0 spiro atoms. The van der Waals surface area contributed by atoms with Crippen molar-refractivity contribution in [2.75, 3.05) is 0 Å². The molecule has 6 nitrogen and oxygen atoms in total. The van der Waals surface area contributed by atoms with Crippen molar-refractivity contribution in [1.82, 2.24) is 14.7 Å². The number of likely N-dealkylation sites (tertiary alicyclic amines) is 1. The first-order chi connectivity index (χ1) is 14.2. The number of benzene rings is 1. The number of carbonyl (C=O) groups excluding carboxylic acids is 2. The maximum atomic E-state index is 12.9. The topological polar surface area (TPSA) is 64.4 Å². The van der Waals surface area contributed by atoms with Gasteiger partial charge in [0.25, 0.3) is 5.91 Å². The van der Waals surface area contributed by atoms with Crippen molar-refractivity contribution in [3.8, 4) is 0 Å². The summed E-state index contributed by atoms with van der Waals surface area (Å²) in [6.45, 7) is 9.89. The molecule has 0 radical (unpaired) electrons. The van der Waals surface area contributed by atoms with Crippen molar-refractivity contribution in [3.63, 3.8) is 0 Å². The van der Waals surface area contributed by atoms with Gasteiger partial charge in [0.15, 0.2) is 6.10 Å². The first-order valence-electron chi connectivity index (χ1n) is 10.5. The molecule has 2 aromatic rings. The Balaban J connectivity index is 1.72. The van der Waals surface area contributed by atoms with Crippen LogP contribution in [0.2, 0.25) is 5.15 Å². The Labute approximate surface area is 183 Å². The molecule has 7 heteroatoms. The minimum Gasteiger partial charge on any atom is -0.449 e. The van der Waals surface area contributed by atoms with Gasteiger partial charge >= 0.3 is 5.97 Å².